The first-order chi connectivity index (χ1) is 29.2. The average Bonchev–Trinajstić information content (AvgIpc) is 3.23. The maximum Gasteiger partial charge on any atom is 0.335 e. The van der Waals surface area contributed by atoms with Gasteiger partial charge in [0.2, 0.25) is 0 Å². The van der Waals surface area contributed by atoms with Crippen molar-refractivity contribution in [3.8, 4) is 0 Å². The molecule has 1 heterocycles. The summed E-state index contributed by atoms with van der Waals surface area (Å²) in [6.45, 7) is 3.49. The minimum Gasteiger partial charge on any atom is -0.479 e. The second-order valence-corrected chi connectivity index (χ2v) is 14.8. The number of unbranched alkanes of at least 4 members (excludes halogenated alkanes) is 8. The lowest BCUT2D eigenvalue weighted by Crippen LogP contribution is -2.60. The summed E-state index contributed by atoms with van der Waals surface area (Å²) in [4.78, 5) is 36.8. The number of aliphatic carboxylic acids is 1. The van der Waals surface area contributed by atoms with E-state index in [0.717, 1.165) is 83.5 Å². The predicted octanol–water partition coefficient (Wildman–Crippen LogP) is 9.64. The number of aliphatic hydroxyl groups is 3. The quantitative estimate of drug-likeness (QED) is 0.0272. The predicted molar refractivity (Wildman–Crippen MR) is 238 cm³/mol. The molecule has 0 spiro atoms. The molecule has 60 heavy (non-hydrogen) atoms. The van der Waals surface area contributed by atoms with Crippen molar-refractivity contribution >= 4 is 17.9 Å². The summed E-state index contributed by atoms with van der Waals surface area (Å²) >= 11 is 0. The lowest BCUT2D eigenvalue weighted by atomic mass is 9.99. The van der Waals surface area contributed by atoms with Crippen LogP contribution < -0.4 is 0 Å². The van der Waals surface area contributed by atoms with Crippen LogP contribution in [0.4, 0.5) is 0 Å². The number of carboxylic acids is 1. The van der Waals surface area contributed by atoms with E-state index < -0.39 is 61.3 Å². The number of carbonyl (C=O) groups is 3. The van der Waals surface area contributed by atoms with Crippen LogP contribution in [0.25, 0.3) is 0 Å². The molecule has 0 radical (unpaired) electrons. The zero-order valence-corrected chi connectivity index (χ0v) is 36.4. The third-order valence-electron chi connectivity index (χ3n) is 9.44. The van der Waals surface area contributed by atoms with E-state index >= 15 is 0 Å². The van der Waals surface area contributed by atoms with E-state index in [-0.39, 0.29) is 19.4 Å². The Morgan fingerprint density at radius 1 is 0.517 bits per heavy atom. The highest BCUT2D eigenvalue weighted by molar-refractivity contribution is 5.73. The molecule has 0 amide bonds. The van der Waals surface area contributed by atoms with Crippen LogP contribution in [0.15, 0.2) is 97.2 Å². The van der Waals surface area contributed by atoms with E-state index in [4.69, 9.17) is 18.9 Å². The SMILES string of the molecule is CC/C=C\C/C=C\C/C=C\C/C=C\CCCCCCCCCCC(=O)OCC(COC1OC(C(=O)O)C(O)C(O)C1O)OC(=O)CC/C=C\C/C=C\C/C=C\C/C=C\CC. The Bertz CT molecular complexity index is 1360. The largest absolute Gasteiger partial charge is 0.479 e. The molecule has 1 aliphatic heterocycles. The Balaban J connectivity index is 2.39. The van der Waals surface area contributed by atoms with Gasteiger partial charge in [0.05, 0.1) is 6.61 Å². The molecule has 0 aliphatic carbocycles. The summed E-state index contributed by atoms with van der Waals surface area (Å²) < 4.78 is 21.6. The first-order valence-electron chi connectivity index (χ1n) is 22.3. The van der Waals surface area contributed by atoms with Crippen LogP contribution in [-0.4, -0.2) is 88.4 Å². The van der Waals surface area contributed by atoms with Crippen LogP contribution in [0.3, 0.4) is 0 Å². The zero-order chi connectivity index (χ0) is 43.9. The molecular formula is C49H76O11. The van der Waals surface area contributed by atoms with Gasteiger partial charge in [0, 0.05) is 12.8 Å². The van der Waals surface area contributed by atoms with Crippen LogP contribution in [0.2, 0.25) is 0 Å². The number of carboxylic acid groups (broad SMARTS) is 1. The van der Waals surface area contributed by atoms with Crippen molar-refractivity contribution in [1.29, 1.82) is 0 Å². The van der Waals surface area contributed by atoms with Crippen LogP contribution in [0, 0.1) is 0 Å². The Hall–Kier alpha value is -3.87. The molecule has 0 bridgehead atoms. The van der Waals surface area contributed by atoms with Gasteiger partial charge in [0.15, 0.2) is 18.5 Å². The molecule has 1 aliphatic rings. The van der Waals surface area contributed by atoms with Crippen LogP contribution >= 0.6 is 0 Å². The first-order valence-corrected chi connectivity index (χ1v) is 22.3. The van der Waals surface area contributed by atoms with Gasteiger partial charge < -0.3 is 39.4 Å². The van der Waals surface area contributed by atoms with Crippen molar-refractivity contribution in [3.05, 3.63) is 97.2 Å². The molecule has 338 valence electrons. The minimum atomic E-state index is -1.88. The highest BCUT2D eigenvalue weighted by atomic mass is 16.7. The minimum absolute atomic E-state index is 0.0541. The molecule has 0 aromatic heterocycles. The molecule has 6 unspecified atom stereocenters. The summed E-state index contributed by atoms with van der Waals surface area (Å²) in [6, 6.07) is 0. The number of hydrogen-bond acceptors (Lipinski definition) is 10. The molecule has 1 rings (SSSR count). The van der Waals surface area contributed by atoms with E-state index in [1.807, 2.05) is 18.2 Å². The molecule has 0 saturated carbocycles. The van der Waals surface area contributed by atoms with E-state index in [0.29, 0.717) is 12.8 Å². The fraction of sp³-hybridized carbons (Fsp3) is 0.612. The van der Waals surface area contributed by atoms with Gasteiger partial charge >= 0.3 is 17.9 Å². The van der Waals surface area contributed by atoms with Crippen molar-refractivity contribution in [2.75, 3.05) is 13.2 Å². The number of carbonyl (C=O) groups excluding carboxylic acids is 2. The number of esters is 2. The smallest absolute Gasteiger partial charge is 0.335 e. The summed E-state index contributed by atoms with van der Waals surface area (Å²) in [5.41, 5.74) is 0. The van der Waals surface area contributed by atoms with Gasteiger partial charge in [-0.25, -0.2) is 4.79 Å². The lowest BCUT2D eigenvalue weighted by Gasteiger charge is -2.38. The second kappa shape index (κ2) is 38.1. The molecule has 4 N–H and O–H groups in total. The topological polar surface area (TPSA) is 169 Å². The maximum absolute atomic E-state index is 12.7. The van der Waals surface area contributed by atoms with E-state index in [2.05, 4.69) is 92.8 Å². The Labute approximate surface area is 360 Å². The maximum atomic E-state index is 12.7. The van der Waals surface area contributed by atoms with Gasteiger partial charge in [0.25, 0.3) is 0 Å². The highest BCUT2D eigenvalue weighted by Crippen LogP contribution is 2.23. The van der Waals surface area contributed by atoms with Crippen molar-refractivity contribution < 1.29 is 53.8 Å². The van der Waals surface area contributed by atoms with E-state index in [9.17, 15) is 34.8 Å². The summed E-state index contributed by atoms with van der Waals surface area (Å²) in [6.07, 6.45) is 41.9. The summed E-state index contributed by atoms with van der Waals surface area (Å²) in [5, 5.41) is 39.8. The number of aliphatic hydroxyl groups excluding tert-OH is 3. The number of ether oxygens (including phenoxy) is 4. The van der Waals surface area contributed by atoms with Crippen LogP contribution in [-0.2, 0) is 33.3 Å². The molecule has 1 fully saturated rings. The van der Waals surface area contributed by atoms with Gasteiger partial charge in [0.1, 0.15) is 24.9 Å². The molecule has 1 saturated heterocycles. The van der Waals surface area contributed by atoms with Crippen molar-refractivity contribution in [1.82, 2.24) is 0 Å². The monoisotopic (exact) mass is 841 g/mol. The Morgan fingerprint density at radius 3 is 1.47 bits per heavy atom. The highest BCUT2D eigenvalue weighted by Gasteiger charge is 2.47. The summed E-state index contributed by atoms with van der Waals surface area (Å²) in [7, 11) is 0. The van der Waals surface area contributed by atoms with Gasteiger partial charge in [-0.1, -0.05) is 150 Å². The summed E-state index contributed by atoms with van der Waals surface area (Å²) in [5.74, 6) is -2.57. The Kier molecular flexibility index (Phi) is 34.4. The average molecular weight is 841 g/mol. The molecule has 6 atom stereocenters. The number of rotatable bonds is 35. The fourth-order valence-electron chi connectivity index (χ4n) is 6.00. The van der Waals surface area contributed by atoms with Crippen molar-refractivity contribution in [2.24, 2.45) is 0 Å². The molecule has 0 aromatic carbocycles. The standard InChI is InChI=1S/C49H76O11/c1-3-5-7-9-11-13-15-17-18-19-20-21-22-23-24-26-27-29-31-33-35-37-42(50)57-39-41(40-58-49-46(54)44(52)45(53)47(60-49)48(55)56)59-43(51)38-36-34-32-30-28-25-16-14-12-10-8-6-4-2/h5-8,11-14,17-18,20-21,25,28,32,34,41,44-47,49,52-54H,3-4,9-10,15-16,19,22-24,26-27,29-31,33,35-40H2,1-2H3,(H,55,56)/b7-5-,8-6-,13-11-,14-12-,18-17-,21-20-,28-25-,34-32-. The normalized spacial score (nSPS) is 20.7. The van der Waals surface area contributed by atoms with E-state index in [1.165, 1.54) is 19.3 Å². The van der Waals surface area contributed by atoms with Gasteiger partial charge in [-0.2, -0.15) is 0 Å². The van der Waals surface area contributed by atoms with Crippen molar-refractivity contribution in [2.45, 2.75) is 179 Å². The van der Waals surface area contributed by atoms with Gasteiger partial charge in [-0.05, 0) is 77.0 Å². The van der Waals surface area contributed by atoms with Gasteiger partial charge in [-0.3, -0.25) is 9.59 Å². The molecule has 11 nitrogen and oxygen atoms in total. The van der Waals surface area contributed by atoms with Gasteiger partial charge in [-0.15, -0.1) is 0 Å². The third kappa shape index (κ3) is 29.4. The third-order valence-corrected chi connectivity index (χ3v) is 9.44. The van der Waals surface area contributed by atoms with Crippen molar-refractivity contribution in [3.63, 3.8) is 0 Å². The lowest BCUT2D eigenvalue weighted by molar-refractivity contribution is -0.298. The molecule has 0 aromatic rings. The molecule has 11 heteroatoms. The Morgan fingerprint density at radius 2 is 0.967 bits per heavy atom. The second-order valence-electron chi connectivity index (χ2n) is 14.8. The molecular weight excluding hydrogens is 765 g/mol. The number of hydrogen-bond donors (Lipinski definition) is 4. The first kappa shape index (κ1) is 54.1. The zero-order valence-electron chi connectivity index (χ0n) is 36.4. The fourth-order valence-corrected chi connectivity index (χ4v) is 6.00. The van der Waals surface area contributed by atoms with Crippen LogP contribution in [0.1, 0.15) is 142 Å². The van der Waals surface area contributed by atoms with E-state index in [1.54, 1.807) is 0 Å². The van der Waals surface area contributed by atoms with Crippen LogP contribution in [0.5, 0.6) is 0 Å². The number of allylic oxidation sites excluding steroid dienone is 16.